The molecule has 0 spiro atoms. The van der Waals surface area contributed by atoms with Crippen molar-refractivity contribution in [2.45, 2.75) is 40.0 Å². The number of nitrogens with one attached hydrogen (secondary N) is 1. The van der Waals surface area contributed by atoms with Gasteiger partial charge in [-0.05, 0) is 26.3 Å². The number of nitriles is 1. The van der Waals surface area contributed by atoms with Gasteiger partial charge in [0.25, 0.3) is 0 Å². The van der Waals surface area contributed by atoms with Crippen LogP contribution in [0.1, 0.15) is 38.8 Å². The highest BCUT2D eigenvalue weighted by molar-refractivity contribution is 5.84. The molecular weight excluding hydrogens is 236 g/mol. The van der Waals surface area contributed by atoms with Crippen molar-refractivity contribution < 1.29 is 4.79 Å². The van der Waals surface area contributed by atoms with Gasteiger partial charge in [-0.2, -0.15) is 5.26 Å². The SMILES string of the molecule is Cc1ccc(C(C)(C)CNC(=O)C(C)(C)C#N)cc1. The van der Waals surface area contributed by atoms with Crippen LogP contribution in [0.25, 0.3) is 0 Å². The number of aryl methyl sites for hydroxylation is 1. The molecule has 3 heteroatoms. The van der Waals surface area contributed by atoms with Crippen LogP contribution in [0.3, 0.4) is 0 Å². The largest absolute Gasteiger partial charge is 0.354 e. The number of benzene rings is 1. The van der Waals surface area contributed by atoms with E-state index in [0.717, 1.165) is 0 Å². The molecule has 0 heterocycles. The summed E-state index contributed by atoms with van der Waals surface area (Å²) < 4.78 is 0. The minimum Gasteiger partial charge on any atom is -0.354 e. The highest BCUT2D eigenvalue weighted by Crippen LogP contribution is 2.23. The molecule has 1 rings (SSSR count). The standard InChI is InChI=1S/C16H22N2O/c1-12-6-8-13(9-7-12)16(4,5)11-18-14(19)15(2,3)10-17/h6-9H,11H2,1-5H3,(H,18,19). The fourth-order valence-corrected chi connectivity index (χ4v) is 1.68. The first-order chi connectivity index (χ1) is 8.69. The van der Waals surface area contributed by atoms with Gasteiger partial charge in [0.1, 0.15) is 5.41 Å². The Balaban J connectivity index is 2.74. The second kappa shape index (κ2) is 5.44. The molecule has 0 fully saturated rings. The van der Waals surface area contributed by atoms with Crippen LogP contribution < -0.4 is 5.32 Å². The van der Waals surface area contributed by atoms with E-state index in [0.29, 0.717) is 6.54 Å². The van der Waals surface area contributed by atoms with Gasteiger partial charge in [0.15, 0.2) is 0 Å². The number of hydrogen-bond acceptors (Lipinski definition) is 2. The summed E-state index contributed by atoms with van der Waals surface area (Å²) in [6.45, 7) is 9.98. The predicted octanol–water partition coefficient (Wildman–Crippen LogP) is 2.94. The van der Waals surface area contributed by atoms with E-state index in [4.69, 9.17) is 5.26 Å². The van der Waals surface area contributed by atoms with E-state index in [1.807, 2.05) is 13.0 Å². The molecule has 19 heavy (non-hydrogen) atoms. The molecule has 3 nitrogen and oxygen atoms in total. The minimum atomic E-state index is -0.983. The van der Waals surface area contributed by atoms with Gasteiger partial charge in [-0.15, -0.1) is 0 Å². The average Bonchev–Trinajstić information content (AvgIpc) is 2.36. The number of carbonyl (C=O) groups excluding carboxylic acids is 1. The normalized spacial score (nSPS) is 11.8. The van der Waals surface area contributed by atoms with Crippen LogP contribution in [0, 0.1) is 23.7 Å². The summed E-state index contributed by atoms with van der Waals surface area (Å²) in [5, 5.41) is 11.8. The Morgan fingerprint density at radius 3 is 2.21 bits per heavy atom. The van der Waals surface area contributed by atoms with E-state index < -0.39 is 5.41 Å². The molecule has 1 aromatic carbocycles. The van der Waals surface area contributed by atoms with Crippen molar-refractivity contribution in [3.05, 3.63) is 35.4 Å². The van der Waals surface area contributed by atoms with Crippen LogP contribution in [0.2, 0.25) is 0 Å². The lowest BCUT2D eigenvalue weighted by molar-refractivity contribution is -0.127. The molecule has 0 radical (unpaired) electrons. The maximum atomic E-state index is 11.9. The zero-order valence-electron chi connectivity index (χ0n) is 12.4. The van der Waals surface area contributed by atoms with Gasteiger partial charge < -0.3 is 5.32 Å². The third-order valence-corrected chi connectivity index (χ3v) is 3.37. The van der Waals surface area contributed by atoms with Gasteiger partial charge in [0.2, 0.25) is 5.91 Å². The Kier molecular flexibility index (Phi) is 4.36. The van der Waals surface area contributed by atoms with Gasteiger partial charge in [0.05, 0.1) is 6.07 Å². The molecule has 0 aliphatic carbocycles. The number of hydrogen-bond donors (Lipinski definition) is 1. The van der Waals surface area contributed by atoms with Crippen molar-refractivity contribution in [2.75, 3.05) is 6.54 Å². The summed E-state index contributed by atoms with van der Waals surface area (Å²) in [6, 6.07) is 10.3. The first-order valence-electron chi connectivity index (χ1n) is 6.46. The summed E-state index contributed by atoms with van der Waals surface area (Å²) in [5.74, 6) is -0.227. The Hall–Kier alpha value is -1.82. The first kappa shape index (κ1) is 15.2. The molecule has 102 valence electrons. The monoisotopic (exact) mass is 258 g/mol. The van der Waals surface area contributed by atoms with Crippen molar-refractivity contribution in [1.29, 1.82) is 5.26 Å². The lowest BCUT2D eigenvalue weighted by Crippen LogP contribution is -2.42. The second-order valence-electron chi connectivity index (χ2n) is 6.17. The van der Waals surface area contributed by atoms with Gasteiger partial charge in [0, 0.05) is 12.0 Å². The molecule has 0 unspecified atom stereocenters. The molecule has 0 aliphatic rings. The smallest absolute Gasteiger partial charge is 0.239 e. The molecule has 0 saturated carbocycles. The fraction of sp³-hybridized carbons (Fsp3) is 0.500. The summed E-state index contributed by atoms with van der Waals surface area (Å²) >= 11 is 0. The van der Waals surface area contributed by atoms with E-state index in [-0.39, 0.29) is 11.3 Å². The molecule has 0 bridgehead atoms. The molecule has 1 amide bonds. The van der Waals surface area contributed by atoms with Gasteiger partial charge in [-0.1, -0.05) is 43.7 Å². The maximum Gasteiger partial charge on any atom is 0.239 e. The lowest BCUT2D eigenvalue weighted by Gasteiger charge is -2.27. The predicted molar refractivity (Wildman–Crippen MR) is 76.6 cm³/mol. The third kappa shape index (κ3) is 3.82. The van der Waals surface area contributed by atoms with E-state index in [9.17, 15) is 4.79 Å². The molecule has 1 N–H and O–H groups in total. The van der Waals surface area contributed by atoms with Crippen LogP contribution in [-0.4, -0.2) is 12.5 Å². The molecule has 0 saturated heterocycles. The Morgan fingerprint density at radius 1 is 1.21 bits per heavy atom. The number of rotatable bonds is 4. The van der Waals surface area contributed by atoms with Crippen molar-refractivity contribution in [3.8, 4) is 6.07 Å². The van der Waals surface area contributed by atoms with Gasteiger partial charge >= 0.3 is 0 Å². The Morgan fingerprint density at radius 2 is 1.74 bits per heavy atom. The third-order valence-electron chi connectivity index (χ3n) is 3.37. The van der Waals surface area contributed by atoms with Crippen molar-refractivity contribution >= 4 is 5.91 Å². The summed E-state index contributed by atoms with van der Waals surface area (Å²) in [5.41, 5.74) is 1.25. The molecule has 0 aliphatic heterocycles. The average molecular weight is 258 g/mol. The van der Waals surface area contributed by atoms with Crippen LogP contribution in [0.15, 0.2) is 24.3 Å². The summed E-state index contributed by atoms with van der Waals surface area (Å²) in [7, 11) is 0. The Labute approximate surface area is 115 Å². The number of amides is 1. The summed E-state index contributed by atoms with van der Waals surface area (Å²) in [6.07, 6.45) is 0. The van der Waals surface area contributed by atoms with Crippen LogP contribution in [0.4, 0.5) is 0 Å². The van der Waals surface area contributed by atoms with E-state index in [1.54, 1.807) is 13.8 Å². The second-order valence-corrected chi connectivity index (χ2v) is 6.17. The van der Waals surface area contributed by atoms with Crippen molar-refractivity contribution in [3.63, 3.8) is 0 Å². The molecule has 1 aromatic rings. The fourth-order valence-electron chi connectivity index (χ4n) is 1.68. The van der Waals surface area contributed by atoms with Crippen molar-refractivity contribution in [1.82, 2.24) is 5.32 Å². The zero-order valence-corrected chi connectivity index (χ0v) is 12.4. The van der Waals surface area contributed by atoms with E-state index in [2.05, 4.69) is 43.4 Å². The molecule has 0 atom stereocenters. The van der Waals surface area contributed by atoms with Gasteiger partial charge in [-0.25, -0.2) is 0 Å². The minimum absolute atomic E-state index is 0.158. The van der Waals surface area contributed by atoms with Crippen LogP contribution in [0.5, 0.6) is 0 Å². The van der Waals surface area contributed by atoms with Gasteiger partial charge in [-0.3, -0.25) is 4.79 Å². The number of nitrogens with zero attached hydrogens (tertiary/aromatic N) is 1. The molecule has 0 aromatic heterocycles. The van der Waals surface area contributed by atoms with E-state index in [1.165, 1.54) is 11.1 Å². The number of carbonyl (C=O) groups is 1. The maximum absolute atomic E-state index is 11.9. The van der Waals surface area contributed by atoms with E-state index >= 15 is 0 Å². The van der Waals surface area contributed by atoms with Crippen molar-refractivity contribution in [2.24, 2.45) is 5.41 Å². The molecular formula is C16H22N2O. The highest BCUT2D eigenvalue weighted by Gasteiger charge is 2.29. The van der Waals surface area contributed by atoms with Crippen LogP contribution in [-0.2, 0) is 10.2 Å². The van der Waals surface area contributed by atoms with Crippen LogP contribution >= 0.6 is 0 Å². The highest BCUT2D eigenvalue weighted by atomic mass is 16.2. The first-order valence-corrected chi connectivity index (χ1v) is 6.46. The quantitative estimate of drug-likeness (QED) is 0.902. The Bertz CT molecular complexity index is 492. The topological polar surface area (TPSA) is 52.9 Å². The lowest BCUT2D eigenvalue weighted by atomic mass is 9.83. The zero-order chi connectivity index (χ0) is 14.7. The summed E-state index contributed by atoms with van der Waals surface area (Å²) in [4.78, 5) is 11.9.